The van der Waals surface area contributed by atoms with Gasteiger partial charge in [-0.3, -0.25) is 9.69 Å². The first-order valence-electron chi connectivity index (χ1n) is 8.05. The minimum Gasteiger partial charge on any atom is -0.360 e. The van der Waals surface area contributed by atoms with E-state index < -0.39 is 0 Å². The fourth-order valence-electron chi connectivity index (χ4n) is 2.83. The first-order chi connectivity index (χ1) is 12.2. The van der Waals surface area contributed by atoms with Crippen molar-refractivity contribution in [2.75, 3.05) is 42.9 Å². The lowest BCUT2D eigenvalue weighted by atomic mass is 10.3. The monoisotopic (exact) mass is 342 g/mol. The fraction of sp³-hybridized carbons (Fsp3) is 0.400. The summed E-state index contributed by atoms with van der Waals surface area (Å²) in [6.45, 7) is 5.29. The molecule has 1 fully saturated rings. The number of rotatable bonds is 4. The molecule has 3 aromatic heterocycles. The van der Waals surface area contributed by atoms with Crippen molar-refractivity contribution >= 4 is 23.2 Å². The molecule has 0 radical (unpaired) electrons. The van der Waals surface area contributed by atoms with Gasteiger partial charge in [-0.05, 0) is 19.1 Å². The van der Waals surface area contributed by atoms with Crippen LogP contribution in [0, 0.1) is 6.92 Å². The standard InChI is InChI=1S/C15H18N8O2/c1-11-8-12(20-25-11)17-15(24)9-21-4-6-22(7-5-21)14-3-2-13-18-16-10-23(13)19-14/h2-3,8,10H,4-7,9H2,1H3,(H,17,20,24). The number of hydrogen-bond donors (Lipinski definition) is 1. The molecule has 10 nitrogen and oxygen atoms in total. The molecule has 4 rings (SSSR count). The third kappa shape index (κ3) is 3.43. The molecule has 1 amide bonds. The minimum atomic E-state index is -0.0919. The van der Waals surface area contributed by atoms with Crippen molar-refractivity contribution in [2.45, 2.75) is 6.92 Å². The summed E-state index contributed by atoms with van der Waals surface area (Å²) in [6, 6.07) is 5.54. The Labute approximate surface area is 143 Å². The Morgan fingerprint density at radius 1 is 1.28 bits per heavy atom. The second-order valence-electron chi connectivity index (χ2n) is 5.96. The quantitative estimate of drug-likeness (QED) is 0.716. The molecule has 0 saturated carbocycles. The van der Waals surface area contributed by atoms with Gasteiger partial charge in [0.05, 0.1) is 6.54 Å². The van der Waals surface area contributed by atoms with Crippen LogP contribution in [0.2, 0.25) is 0 Å². The molecule has 0 unspecified atom stereocenters. The van der Waals surface area contributed by atoms with Crippen LogP contribution < -0.4 is 10.2 Å². The van der Waals surface area contributed by atoms with Gasteiger partial charge < -0.3 is 14.7 Å². The van der Waals surface area contributed by atoms with Gasteiger partial charge in [0.25, 0.3) is 0 Å². The molecule has 1 N–H and O–H groups in total. The number of piperazine rings is 1. The maximum absolute atomic E-state index is 12.1. The summed E-state index contributed by atoms with van der Waals surface area (Å²) in [4.78, 5) is 16.4. The molecule has 0 spiro atoms. The van der Waals surface area contributed by atoms with Crippen molar-refractivity contribution in [1.82, 2.24) is 29.9 Å². The number of fused-ring (bicyclic) bond motifs is 1. The molecule has 0 bridgehead atoms. The van der Waals surface area contributed by atoms with E-state index in [4.69, 9.17) is 4.52 Å². The topological polar surface area (TPSA) is 105 Å². The summed E-state index contributed by atoms with van der Waals surface area (Å²) in [7, 11) is 0. The molecular formula is C15H18N8O2. The number of hydrogen-bond acceptors (Lipinski definition) is 8. The lowest BCUT2D eigenvalue weighted by Gasteiger charge is -2.34. The molecule has 4 heterocycles. The number of aryl methyl sites for hydroxylation is 1. The highest BCUT2D eigenvalue weighted by Gasteiger charge is 2.20. The normalized spacial score (nSPS) is 15.6. The molecule has 25 heavy (non-hydrogen) atoms. The van der Waals surface area contributed by atoms with E-state index in [1.807, 2.05) is 12.1 Å². The van der Waals surface area contributed by atoms with E-state index in [0.29, 0.717) is 18.1 Å². The van der Waals surface area contributed by atoms with E-state index in [9.17, 15) is 4.79 Å². The van der Waals surface area contributed by atoms with E-state index in [0.717, 1.165) is 37.6 Å². The van der Waals surface area contributed by atoms with Gasteiger partial charge in [0.15, 0.2) is 11.5 Å². The maximum atomic E-state index is 12.1. The molecule has 10 heteroatoms. The van der Waals surface area contributed by atoms with Crippen molar-refractivity contribution in [3.63, 3.8) is 0 Å². The van der Waals surface area contributed by atoms with Crippen LogP contribution >= 0.6 is 0 Å². The summed E-state index contributed by atoms with van der Waals surface area (Å²) in [5.41, 5.74) is 0.724. The third-order valence-electron chi connectivity index (χ3n) is 4.11. The summed E-state index contributed by atoms with van der Waals surface area (Å²) >= 11 is 0. The van der Waals surface area contributed by atoms with Crippen LogP contribution in [-0.4, -0.2) is 68.5 Å². The zero-order valence-corrected chi connectivity index (χ0v) is 13.8. The molecule has 130 valence electrons. The van der Waals surface area contributed by atoms with Crippen LogP contribution in [0.1, 0.15) is 5.76 Å². The van der Waals surface area contributed by atoms with Crippen LogP contribution in [-0.2, 0) is 4.79 Å². The summed E-state index contributed by atoms with van der Waals surface area (Å²) in [5, 5.41) is 18.8. The van der Waals surface area contributed by atoms with Crippen molar-refractivity contribution < 1.29 is 9.32 Å². The number of carbonyl (C=O) groups is 1. The molecular weight excluding hydrogens is 324 g/mol. The smallest absolute Gasteiger partial charge is 0.239 e. The van der Waals surface area contributed by atoms with E-state index in [-0.39, 0.29) is 5.91 Å². The zero-order valence-electron chi connectivity index (χ0n) is 13.8. The van der Waals surface area contributed by atoms with Crippen LogP contribution in [0.5, 0.6) is 0 Å². The Hall–Kier alpha value is -3.01. The maximum Gasteiger partial charge on any atom is 0.239 e. The number of nitrogens with zero attached hydrogens (tertiary/aromatic N) is 7. The summed E-state index contributed by atoms with van der Waals surface area (Å²) in [5.74, 6) is 1.91. The lowest BCUT2D eigenvalue weighted by Crippen LogP contribution is -2.49. The van der Waals surface area contributed by atoms with E-state index in [1.54, 1.807) is 23.8 Å². The average Bonchev–Trinajstić information content (AvgIpc) is 3.23. The second-order valence-corrected chi connectivity index (χ2v) is 5.96. The summed E-state index contributed by atoms with van der Waals surface area (Å²) < 4.78 is 6.60. The molecule has 1 aliphatic heterocycles. The van der Waals surface area contributed by atoms with Gasteiger partial charge in [-0.1, -0.05) is 5.16 Å². The molecule has 1 aliphatic rings. The average molecular weight is 342 g/mol. The Morgan fingerprint density at radius 3 is 2.88 bits per heavy atom. The molecule has 0 aliphatic carbocycles. The van der Waals surface area contributed by atoms with Crippen molar-refractivity contribution in [2.24, 2.45) is 0 Å². The van der Waals surface area contributed by atoms with Gasteiger partial charge in [0.2, 0.25) is 5.91 Å². The Balaban J connectivity index is 1.31. The second kappa shape index (κ2) is 6.48. The van der Waals surface area contributed by atoms with Crippen molar-refractivity contribution in [1.29, 1.82) is 0 Å². The van der Waals surface area contributed by atoms with Crippen LogP contribution in [0.15, 0.2) is 29.0 Å². The highest BCUT2D eigenvalue weighted by Crippen LogP contribution is 2.14. The Kier molecular flexibility index (Phi) is 4.02. The Bertz CT molecular complexity index is 880. The van der Waals surface area contributed by atoms with Gasteiger partial charge in [0.1, 0.15) is 17.9 Å². The van der Waals surface area contributed by atoms with Crippen LogP contribution in [0.4, 0.5) is 11.6 Å². The van der Waals surface area contributed by atoms with Crippen LogP contribution in [0.3, 0.4) is 0 Å². The SMILES string of the molecule is Cc1cc(NC(=O)CN2CCN(c3ccc4nncn4n3)CC2)no1. The van der Waals surface area contributed by atoms with E-state index in [2.05, 4.69) is 35.6 Å². The molecule has 0 aromatic carbocycles. The van der Waals surface area contributed by atoms with Gasteiger partial charge in [-0.2, -0.15) is 4.52 Å². The largest absolute Gasteiger partial charge is 0.360 e. The summed E-state index contributed by atoms with van der Waals surface area (Å²) in [6.07, 6.45) is 1.59. The first kappa shape index (κ1) is 15.5. The van der Waals surface area contributed by atoms with Gasteiger partial charge >= 0.3 is 0 Å². The first-order valence-corrected chi connectivity index (χ1v) is 8.05. The predicted molar refractivity (Wildman–Crippen MR) is 89.3 cm³/mol. The molecule has 1 saturated heterocycles. The van der Waals surface area contributed by atoms with Crippen molar-refractivity contribution in [3.05, 3.63) is 30.3 Å². The van der Waals surface area contributed by atoms with Crippen molar-refractivity contribution in [3.8, 4) is 0 Å². The molecule has 0 atom stereocenters. The lowest BCUT2D eigenvalue weighted by molar-refractivity contribution is -0.117. The zero-order chi connectivity index (χ0) is 17.2. The highest BCUT2D eigenvalue weighted by atomic mass is 16.5. The predicted octanol–water partition coefficient (Wildman–Crippen LogP) is 0.181. The molecule has 3 aromatic rings. The van der Waals surface area contributed by atoms with Crippen LogP contribution in [0.25, 0.3) is 5.65 Å². The number of carbonyl (C=O) groups excluding carboxylic acids is 1. The number of anilines is 2. The fourth-order valence-corrected chi connectivity index (χ4v) is 2.83. The number of nitrogens with one attached hydrogen (secondary N) is 1. The third-order valence-corrected chi connectivity index (χ3v) is 4.11. The number of aromatic nitrogens is 5. The van der Waals surface area contributed by atoms with Gasteiger partial charge in [-0.25, -0.2) is 0 Å². The van der Waals surface area contributed by atoms with Gasteiger partial charge in [-0.15, -0.1) is 15.3 Å². The number of amides is 1. The highest BCUT2D eigenvalue weighted by molar-refractivity contribution is 5.91. The Morgan fingerprint density at radius 2 is 2.12 bits per heavy atom. The van der Waals surface area contributed by atoms with Gasteiger partial charge in [0, 0.05) is 32.2 Å². The van der Waals surface area contributed by atoms with E-state index >= 15 is 0 Å². The minimum absolute atomic E-state index is 0.0919. The van der Waals surface area contributed by atoms with E-state index in [1.165, 1.54) is 0 Å².